The van der Waals surface area contributed by atoms with Crippen LogP contribution >= 0.6 is 15.9 Å². The minimum Gasteiger partial charge on any atom is -0.480 e. The summed E-state index contributed by atoms with van der Waals surface area (Å²) in [6.45, 7) is 14.5. The second-order valence-corrected chi connectivity index (χ2v) is 13.2. The average Bonchev–Trinajstić information content (AvgIpc) is 2.63. The first-order chi connectivity index (χ1) is 9.27. The van der Waals surface area contributed by atoms with Gasteiger partial charge in [-0.1, -0.05) is 36.7 Å². The van der Waals surface area contributed by atoms with Gasteiger partial charge in [-0.3, -0.25) is 4.79 Å². The highest BCUT2D eigenvalue weighted by molar-refractivity contribution is 9.10. The molecule has 0 aromatic heterocycles. The Hall–Kier alpha value is 0.0469. The molecule has 0 saturated carbocycles. The zero-order valence-corrected chi connectivity index (χ0v) is 16.5. The van der Waals surface area contributed by atoms with Gasteiger partial charge in [0, 0.05) is 0 Å². The van der Waals surface area contributed by atoms with Crippen LogP contribution in [0.25, 0.3) is 0 Å². The summed E-state index contributed by atoms with van der Waals surface area (Å²) in [5.74, 6) is -1.66. The second-order valence-electron chi connectivity index (χ2n) is 7.45. The van der Waals surface area contributed by atoms with E-state index in [2.05, 4.69) is 49.8 Å². The van der Waals surface area contributed by atoms with Crippen molar-refractivity contribution in [2.45, 2.75) is 75.6 Å². The molecule has 0 amide bonds. The monoisotopic (exact) mass is 382 g/mol. The van der Waals surface area contributed by atoms with Crippen LogP contribution < -0.4 is 0 Å². The maximum atomic E-state index is 11.4. The first kappa shape index (κ1) is 19.1. The van der Waals surface area contributed by atoms with Crippen LogP contribution in [0.1, 0.15) is 34.6 Å². The Bertz CT molecular complexity index is 391. The zero-order chi connectivity index (χ0) is 16.6. The number of hydrogen-bond acceptors (Lipinski definition) is 4. The molecular formula is C14H27BrO5Si. The Labute approximate surface area is 136 Å². The molecule has 7 heteroatoms. The summed E-state index contributed by atoms with van der Waals surface area (Å²) in [6, 6.07) is 0. The Morgan fingerprint density at radius 3 is 2.29 bits per heavy atom. The molecular weight excluding hydrogens is 356 g/mol. The largest absolute Gasteiger partial charge is 0.480 e. The van der Waals surface area contributed by atoms with Gasteiger partial charge in [0.1, 0.15) is 10.9 Å². The lowest BCUT2D eigenvalue weighted by molar-refractivity contribution is -0.155. The van der Waals surface area contributed by atoms with Crippen molar-refractivity contribution in [3.8, 4) is 0 Å². The summed E-state index contributed by atoms with van der Waals surface area (Å²) in [4.78, 5) is 10.6. The topological polar surface area (TPSA) is 65.0 Å². The number of alkyl halides is 1. The number of carbonyl (C=O) groups is 1. The molecule has 124 valence electrons. The second kappa shape index (κ2) is 6.27. The quantitative estimate of drug-likeness (QED) is 0.583. The number of carboxylic acids is 1. The number of ether oxygens (including phenoxy) is 2. The smallest absolute Gasteiger partial charge is 0.320 e. The predicted octanol–water partition coefficient (Wildman–Crippen LogP) is 3.38. The van der Waals surface area contributed by atoms with E-state index in [1.165, 1.54) is 0 Å². The number of halogens is 1. The van der Waals surface area contributed by atoms with E-state index in [0.717, 1.165) is 0 Å². The Kier molecular flexibility index (Phi) is 5.70. The molecule has 1 fully saturated rings. The van der Waals surface area contributed by atoms with Crippen molar-refractivity contribution < 1.29 is 23.8 Å². The van der Waals surface area contributed by atoms with Crippen molar-refractivity contribution in [2.24, 2.45) is 0 Å². The Morgan fingerprint density at radius 2 is 1.95 bits per heavy atom. The van der Waals surface area contributed by atoms with Crippen LogP contribution in [0.4, 0.5) is 0 Å². The minimum absolute atomic E-state index is 0.00848. The van der Waals surface area contributed by atoms with Gasteiger partial charge in [-0.15, -0.1) is 0 Å². The third-order valence-electron chi connectivity index (χ3n) is 4.16. The fraction of sp³-hybridized carbons (Fsp3) is 0.929. The zero-order valence-electron chi connectivity index (χ0n) is 13.9. The molecule has 0 aromatic rings. The lowest BCUT2D eigenvalue weighted by atomic mass is 10.1. The molecule has 1 N–H and O–H groups in total. The molecule has 3 atom stereocenters. The highest BCUT2D eigenvalue weighted by Crippen LogP contribution is 2.40. The number of aliphatic carboxylic acids is 1. The minimum atomic E-state index is -2.12. The highest BCUT2D eigenvalue weighted by atomic mass is 79.9. The van der Waals surface area contributed by atoms with Gasteiger partial charge in [-0.25, -0.2) is 0 Å². The fourth-order valence-electron chi connectivity index (χ4n) is 1.86. The Balaban J connectivity index is 2.97. The number of carboxylic acid groups (broad SMARTS) is 1. The van der Waals surface area contributed by atoms with Crippen molar-refractivity contribution in [2.75, 3.05) is 6.61 Å². The van der Waals surface area contributed by atoms with Gasteiger partial charge >= 0.3 is 5.97 Å². The van der Waals surface area contributed by atoms with Crippen molar-refractivity contribution >= 4 is 30.2 Å². The molecule has 1 aliphatic heterocycles. The molecule has 0 radical (unpaired) electrons. The standard InChI is InChI=1S/C14H27BrO5Si/c1-13(2,3)21(6,7)20-11(10(15)12(16)17)9-8-18-14(4,5)19-9/h9-11H,8H2,1-7H3,(H,16,17)/t9?,10?,11-/m1/s1. The Morgan fingerprint density at radius 1 is 1.43 bits per heavy atom. The summed E-state index contributed by atoms with van der Waals surface area (Å²) in [6.07, 6.45) is -0.972. The van der Waals surface area contributed by atoms with E-state index in [4.69, 9.17) is 13.9 Å². The molecule has 1 saturated heterocycles. The predicted molar refractivity (Wildman–Crippen MR) is 87.3 cm³/mol. The van der Waals surface area contributed by atoms with E-state index in [1.54, 1.807) is 0 Å². The van der Waals surface area contributed by atoms with E-state index < -0.39 is 37.1 Å². The van der Waals surface area contributed by atoms with Gasteiger partial charge in [-0.05, 0) is 32.0 Å². The summed E-state index contributed by atoms with van der Waals surface area (Å²) in [5.41, 5.74) is 0. The first-order valence-electron chi connectivity index (χ1n) is 7.13. The molecule has 1 rings (SSSR count). The van der Waals surface area contributed by atoms with Crippen LogP contribution in [0.15, 0.2) is 0 Å². The van der Waals surface area contributed by atoms with Gasteiger partial charge in [0.25, 0.3) is 0 Å². The van der Waals surface area contributed by atoms with Crippen LogP contribution in [-0.2, 0) is 18.7 Å². The summed E-state index contributed by atoms with van der Waals surface area (Å²) >= 11 is 3.24. The lowest BCUT2D eigenvalue weighted by Gasteiger charge is -2.41. The number of hydrogen-bond donors (Lipinski definition) is 1. The van der Waals surface area contributed by atoms with Crippen LogP contribution in [0.3, 0.4) is 0 Å². The fourth-order valence-corrected chi connectivity index (χ4v) is 3.83. The molecule has 0 spiro atoms. The molecule has 21 heavy (non-hydrogen) atoms. The molecule has 0 aliphatic carbocycles. The van der Waals surface area contributed by atoms with Crippen LogP contribution in [0, 0.1) is 0 Å². The lowest BCUT2D eigenvalue weighted by Crippen LogP contribution is -2.52. The molecule has 1 aliphatic rings. The SMILES string of the molecule is CC1(C)OCC([C@@H](O[Si](C)(C)C(C)(C)C)C(Br)C(=O)O)O1. The van der Waals surface area contributed by atoms with Crippen molar-refractivity contribution in [3.63, 3.8) is 0 Å². The molecule has 5 nitrogen and oxygen atoms in total. The maximum Gasteiger partial charge on any atom is 0.320 e. The molecule has 2 unspecified atom stereocenters. The van der Waals surface area contributed by atoms with Crippen LogP contribution in [0.5, 0.6) is 0 Å². The average molecular weight is 383 g/mol. The van der Waals surface area contributed by atoms with E-state index in [9.17, 15) is 9.90 Å². The van der Waals surface area contributed by atoms with E-state index in [-0.39, 0.29) is 5.04 Å². The van der Waals surface area contributed by atoms with Gasteiger partial charge < -0.3 is 19.0 Å². The van der Waals surface area contributed by atoms with Gasteiger partial charge in [0.05, 0.1) is 12.7 Å². The van der Waals surface area contributed by atoms with Gasteiger partial charge in [-0.2, -0.15) is 0 Å². The third kappa shape index (κ3) is 4.76. The normalized spacial score (nSPS) is 25.6. The van der Waals surface area contributed by atoms with Crippen molar-refractivity contribution in [1.82, 2.24) is 0 Å². The summed E-state index contributed by atoms with van der Waals surface area (Å²) in [7, 11) is -2.12. The van der Waals surface area contributed by atoms with Crippen molar-refractivity contribution in [1.29, 1.82) is 0 Å². The molecule has 0 bridgehead atoms. The maximum absolute atomic E-state index is 11.4. The third-order valence-corrected chi connectivity index (χ3v) is 9.54. The summed E-state index contributed by atoms with van der Waals surface area (Å²) in [5, 5.41) is 9.33. The van der Waals surface area contributed by atoms with E-state index in [1.807, 2.05) is 13.8 Å². The highest BCUT2D eigenvalue weighted by Gasteiger charge is 2.47. The van der Waals surface area contributed by atoms with Gasteiger partial charge in [0.2, 0.25) is 0 Å². The molecule has 1 heterocycles. The first-order valence-corrected chi connectivity index (χ1v) is 11.0. The van der Waals surface area contributed by atoms with Crippen LogP contribution in [-0.4, -0.2) is 48.8 Å². The van der Waals surface area contributed by atoms with Crippen LogP contribution in [0.2, 0.25) is 18.1 Å². The van der Waals surface area contributed by atoms with E-state index >= 15 is 0 Å². The number of rotatable bonds is 5. The summed E-state index contributed by atoms with van der Waals surface area (Å²) < 4.78 is 17.7. The van der Waals surface area contributed by atoms with Gasteiger partial charge in [0.15, 0.2) is 14.1 Å². The van der Waals surface area contributed by atoms with E-state index in [0.29, 0.717) is 6.61 Å². The molecule has 0 aromatic carbocycles. The van der Waals surface area contributed by atoms with Crippen molar-refractivity contribution in [3.05, 3.63) is 0 Å².